The van der Waals surface area contributed by atoms with E-state index < -0.39 is 0 Å². The maximum Gasteiger partial charge on any atom is 0.0974 e. The lowest BCUT2D eigenvalue weighted by molar-refractivity contribution is 0.0872. The lowest BCUT2D eigenvalue weighted by Gasteiger charge is -2.17. The predicted molar refractivity (Wildman–Crippen MR) is 60.0 cm³/mol. The molecule has 0 radical (unpaired) electrons. The Hall–Kier alpha value is -0.0900. The molecule has 1 heterocycles. The fourth-order valence-electron chi connectivity index (χ4n) is 2.19. The van der Waals surface area contributed by atoms with Gasteiger partial charge in [0.1, 0.15) is 0 Å². The van der Waals surface area contributed by atoms with Crippen molar-refractivity contribution in [1.82, 2.24) is 0 Å². The number of rotatable bonds is 1. The van der Waals surface area contributed by atoms with Gasteiger partial charge >= 0.3 is 0 Å². The molecule has 0 aromatic heterocycles. The minimum Gasteiger partial charge on any atom is -0.372 e. The topological polar surface area (TPSA) is 9.23 Å². The van der Waals surface area contributed by atoms with E-state index in [4.69, 9.17) is 4.74 Å². The van der Waals surface area contributed by atoms with Crippen LogP contribution in [-0.4, -0.2) is 10.0 Å². The fraction of sp³-hybridized carbons (Fsp3) is 0.455. The first-order chi connectivity index (χ1) is 6.31. The van der Waals surface area contributed by atoms with Crippen LogP contribution in [0.5, 0.6) is 0 Å². The van der Waals surface area contributed by atoms with E-state index in [0.717, 1.165) is 12.5 Å². The summed E-state index contributed by atoms with van der Waals surface area (Å²) in [5, 5.41) is 0. The molecule has 2 fully saturated rings. The van der Waals surface area contributed by atoms with E-state index in [2.05, 4.69) is 52.9 Å². The Kier molecular flexibility index (Phi) is 1.71. The molecule has 0 spiro atoms. The molecule has 1 saturated heterocycles. The summed E-state index contributed by atoms with van der Waals surface area (Å²) < 4.78 is 6.23. The summed E-state index contributed by atoms with van der Waals surface area (Å²) in [5.41, 5.74) is 1.34. The number of halogens is 1. The maximum atomic E-state index is 5.80. The number of ether oxygens (including phenoxy) is 1. The quantitative estimate of drug-likeness (QED) is 0.569. The van der Waals surface area contributed by atoms with E-state index in [1.807, 2.05) is 0 Å². The Bertz CT molecular complexity index is 322. The summed E-state index contributed by atoms with van der Waals surface area (Å²) in [6.07, 6.45) is 1.69. The van der Waals surface area contributed by atoms with E-state index >= 15 is 0 Å². The van der Waals surface area contributed by atoms with Gasteiger partial charge in [0.25, 0.3) is 0 Å². The summed E-state index contributed by atoms with van der Waals surface area (Å²) in [5.74, 6) is 0.818. The molecule has 2 aliphatic rings. The van der Waals surface area contributed by atoms with Crippen LogP contribution in [0.3, 0.4) is 0 Å². The highest BCUT2D eigenvalue weighted by Crippen LogP contribution is 2.64. The Balaban J connectivity index is 1.94. The van der Waals surface area contributed by atoms with Crippen molar-refractivity contribution in [2.45, 2.75) is 15.9 Å². The molecule has 3 atom stereocenters. The van der Waals surface area contributed by atoms with Crippen LogP contribution in [0, 0.1) is 5.92 Å². The number of fused-ring (bicyclic) bond motifs is 1. The lowest BCUT2D eigenvalue weighted by Crippen LogP contribution is -2.11. The third-order valence-corrected chi connectivity index (χ3v) is 4.97. The lowest BCUT2D eigenvalue weighted by atomic mass is 10.1. The molecule has 1 aromatic carbocycles. The van der Waals surface area contributed by atoms with Gasteiger partial charge in [-0.05, 0) is 12.0 Å². The van der Waals surface area contributed by atoms with Crippen molar-refractivity contribution in [3.05, 3.63) is 35.9 Å². The van der Waals surface area contributed by atoms with Crippen LogP contribution in [0.25, 0.3) is 0 Å². The summed E-state index contributed by atoms with van der Waals surface area (Å²) >= 11 is 2.58. The van der Waals surface area contributed by atoms with Gasteiger partial charge in [-0.15, -0.1) is 0 Å². The Morgan fingerprint density at radius 1 is 1.31 bits per heavy atom. The van der Waals surface area contributed by atoms with Gasteiger partial charge in [0.15, 0.2) is 0 Å². The second-order valence-corrected chi connectivity index (χ2v) is 5.96. The first-order valence-corrected chi connectivity index (χ1v) is 5.74. The van der Waals surface area contributed by atoms with Crippen LogP contribution in [0.2, 0.25) is 0 Å². The second-order valence-electron chi connectivity index (χ2n) is 3.95. The van der Waals surface area contributed by atoms with Crippen LogP contribution in [0.4, 0.5) is 0 Å². The number of hydrogen-bond acceptors (Lipinski definition) is 1. The normalized spacial score (nSPS) is 41.6. The van der Waals surface area contributed by atoms with E-state index in [0.29, 0.717) is 9.53 Å². The molecule has 2 heteroatoms. The molecule has 68 valence electrons. The zero-order valence-electron chi connectivity index (χ0n) is 7.24. The van der Waals surface area contributed by atoms with Crippen molar-refractivity contribution in [3.8, 4) is 0 Å². The average molecular weight is 286 g/mol. The number of alkyl halides is 1. The van der Waals surface area contributed by atoms with E-state index in [1.54, 1.807) is 0 Å². The third-order valence-electron chi connectivity index (χ3n) is 3.08. The third kappa shape index (κ3) is 1.15. The molecule has 1 aromatic rings. The van der Waals surface area contributed by atoms with Crippen molar-refractivity contribution in [1.29, 1.82) is 0 Å². The predicted octanol–water partition coefficient (Wildman–Crippen LogP) is 2.95. The minimum absolute atomic E-state index is 0.347. The Labute approximate surface area is 91.6 Å². The van der Waals surface area contributed by atoms with E-state index in [9.17, 15) is 0 Å². The first-order valence-electron chi connectivity index (χ1n) is 4.66. The van der Waals surface area contributed by atoms with Crippen molar-refractivity contribution in [3.63, 3.8) is 0 Å². The highest BCUT2D eigenvalue weighted by atomic mass is 127. The van der Waals surface area contributed by atoms with Crippen LogP contribution in [0.1, 0.15) is 18.1 Å². The summed E-state index contributed by atoms with van der Waals surface area (Å²) in [4.78, 5) is 0. The van der Waals surface area contributed by atoms with Gasteiger partial charge in [0.05, 0.1) is 16.1 Å². The van der Waals surface area contributed by atoms with Gasteiger partial charge in [-0.2, -0.15) is 0 Å². The first kappa shape index (κ1) is 8.24. The molecule has 0 amide bonds. The second kappa shape index (κ2) is 2.70. The van der Waals surface area contributed by atoms with Gasteiger partial charge in [-0.25, -0.2) is 0 Å². The van der Waals surface area contributed by atoms with Crippen LogP contribution < -0.4 is 0 Å². The molecule has 3 rings (SSSR count). The van der Waals surface area contributed by atoms with Gasteiger partial charge < -0.3 is 4.74 Å². The zero-order chi connectivity index (χ0) is 8.89. The average Bonchev–Trinajstić information content (AvgIpc) is 2.71. The minimum atomic E-state index is 0.347. The molecule has 0 unspecified atom stereocenters. The zero-order valence-corrected chi connectivity index (χ0v) is 9.40. The largest absolute Gasteiger partial charge is 0.372 e. The molecular weight excluding hydrogens is 275 g/mol. The molecule has 1 aliphatic carbocycles. The summed E-state index contributed by atoms with van der Waals surface area (Å²) in [7, 11) is 0. The molecule has 0 bridgehead atoms. The molecular formula is C11H11IO. The highest BCUT2D eigenvalue weighted by molar-refractivity contribution is 14.1. The van der Waals surface area contributed by atoms with Crippen LogP contribution >= 0.6 is 22.6 Å². The fourth-order valence-corrected chi connectivity index (χ4v) is 3.44. The summed E-state index contributed by atoms with van der Waals surface area (Å²) in [6.45, 7) is 0.961. The smallest absolute Gasteiger partial charge is 0.0974 e. The summed E-state index contributed by atoms with van der Waals surface area (Å²) in [6, 6.07) is 10.6. The van der Waals surface area contributed by atoms with Crippen LogP contribution in [-0.2, 0) is 4.74 Å². The van der Waals surface area contributed by atoms with Crippen molar-refractivity contribution in [2.24, 2.45) is 5.92 Å². The Morgan fingerprint density at radius 2 is 2.08 bits per heavy atom. The number of hydrogen-bond donors (Lipinski definition) is 0. The monoisotopic (exact) mass is 286 g/mol. The molecule has 1 saturated carbocycles. The standard InChI is InChI=1S/C11H11IO/c12-11-6-9(11)7-13-10(11)8-4-2-1-3-5-8/h1-5,9-10H,6-7H2/t9-,10-,11+/m0/s1. The van der Waals surface area contributed by atoms with Crippen molar-refractivity contribution < 1.29 is 4.74 Å². The van der Waals surface area contributed by atoms with E-state index in [-0.39, 0.29) is 0 Å². The highest BCUT2D eigenvalue weighted by Gasteiger charge is 2.62. The van der Waals surface area contributed by atoms with Gasteiger partial charge in [0.2, 0.25) is 0 Å². The van der Waals surface area contributed by atoms with Gasteiger partial charge in [-0.1, -0.05) is 52.9 Å². The van der Waals surface area contributed by atoms with Crippen LogP contribution in [0.15, 0.2) is 30.3 Å². The molecule has 1 aliphatic heterocycles. The van der Waals surface area contributed by atoms with Crippen molar-refractivity contribution >= 4 is 22.6 Å². The van der Waals surface area contributed by atoms with Crippen molar-refractivity contribution in [2.75, 3.05) is 6.61 Å². The molecule has 0 N–H and O–H groups in total. The van der Waals surface area contributed by atoms with Gasteiger partial charge in [0, 0.05) is 5.92 Å². The number of benzene rings is 1. The van der Waals surface area contributed by atoms with E-state index in [1.165, 1.54) is 12.0 Å². The Morgan fingerprint density at radius 3 is 2.62 bits per heavy atom. The maximum absolute atomic E-state index is 5.80. The molecule has 1 nitrogen and oxygen atoms in total. The SMILES string of the molecule is I[C@]12C[C@H]1CO[C@H]2c1ccccc1. The molecule has 13 heavy (non-hydrogen) atoms. The van der Waals surface area contributed by atoms with Gasteiger partial charge in [-0.3, -0.25) is 0 Å².